The van der Waals surface area contributed by atoms with E-state index in [0.717, 1.165) is 35.0 Å². The van der Waals surface area contributed by atoms with Gasteiger partial charge >= 0.3 is 0 Å². The van der Waals surface area contributed by atoms with Gasteiger partial charge in [-0.05, 0) is 73.8 Å². The molecule has 3 N–H and O–H groups in total. The second-order valence-electron chi connectivity index (χ2n) is 11.8. The Labute approximate surface area is 246 Å². The summed E-state index contributed by atoms with van der Waals surface area (Å²) in [5.41, 5.74) is 2.64. The molecule has 2 heterocycles. The van der Waals surface area contributed by atoms with Gasteiger partial charge in [-0.1, -0.05) is 38.1 Å². The van der Waals surface area contributed by atoms with Gasteiger partial charge < -0.3 is 25.4 Å². The standard InChI is InChI=1S/C32H40N6O4/c1-22(2)13-17-37-19-28(39)36-32(14-7-9-23-8-3-4-10-25(23)32)31(42)33-15-5-6-16-38(20-29(37)40)30(41)24-11-12-26-27(18-24)35-21-34-26/h3-4,8,10-12,18,21-22H,5-7,9,13-17,19-20H2,1-2H3,(H,33,42)(H,34,35)(H,36,39). The van der Waals surface area contributed by atoms with Crippen molar-refractivity contribution < 1.29 is 19.2 Å². The highest BCUT2D eigenvalue weighted by atomic mass is 16.2. The summed E-state index contributed by atoms with van der Waals surface area (Å²) in [6.45, 7) is 4.93. The van der Waals surface area contributed by atoms with Crippen molar-refractivity contribution in [1.82, 2.24) is 30.4 Å². The fourth-order valence-corrected chi connectivity index (χ4v) is 5.96. The monoisotopic (exact) mass is 572 g/mol. The summed E-state index contributed by atoms with van der Waals surface area (Å²) < 4.78 is 0. The van der Waals surface area contributed by atoms with Crippen LogP contribution in [0.3, 0.4) is 0 Å². The van der Waals surface area contributed by atoms with Crippen molar-refractivity contribution in [3.8, 4) is 0 Å². The molecule has 1 fully saturated rings. The first-order valence-corrected chi connectivity index (χ1v) is 14.9. The number of hydrogen-bond acceptors (Lipinski definition) is 5. The minimum Gasteiger partial charge on any atom is -0.354 e. The molecule has 0 saturated carbocycles. The zero-order valence-electron chi connectivity index (χ0n) is 24.4. The van der Waals surface area contributed by atoms with Gasteiger partial charge in [-0.25, -0.2) is 4.98 Å². The molecule has 10 nitrogen and oxygen atoms in total. The van der Waals surface area contributed by atoms with Crippen LogP contribution in [0.2, 0.25) is 0 Å². The van der Waals surface area contributed by atoms with Gasteiger partial charge in [0.05, 0.1) is 23.9 Å². The van der Waals surface area contributed by atoms with E-state index in [2.05, 4.69) is 34.4 Å². The molecule has 1 saturated heterocycles. The molecule has 10 heteroatoms. The van der Waals surface area contributed by atoms with Gasteiger partial charge in [-0.15, -0.1) is 0 Å². The third kappa shape index (κ3) is 6.32. The van der Waals surface area contributed by atoms with Crippen molar-refractivity contribution in [2.75, 3.05) is 32.7 Å². The molecule has 2 aliphatic rings. The minimum absolute atomic E-state index is 0.133. The molecule has 2 aromatic carbocycles. The number of benzene rings is 2. The highest BCUT2D eigenvalue weighted by Gasteiger charge is 2.44. The van der Waals surface area contributed by atoms with Crippen LogP contribution in [0.1, 0.15) is 67.4 Å². The second kappa shape index (κ2) is 12.8. The van der Waals surface area contributed by atoms with E-state index in [-0.39, 0.29) is 30.8 Å². The van der Waals surface area contributed by atoms with Crippen LogP contribution in [0.15, 0.2) is 48.8 Å². The number of hydrogen-bond donors (Lipinski definition) is 3. The third-order valence-electron chi connectivity index (χ3n) is 8.30. The molecular formula is C32H40N6O4. The first kappa shape index (κ1) is 29.3. The maximum atomic E-state index is 13.8. The predicted molar refractivity (Wildman–Crippen MR) is 159 cm³/mol. The molecule has 222 valence electrons. The Morgan fingerprint density at radius 3 is 2.71 bits per heavy atom. The molecule has 1 aliphatic heterocycles. The number of carbonyl (C=O) groups is 4. The highest BCUT2D eigenvalue weighted by molar-refractivity contribution is 5.99. The Morgan fingerprint density at radius 1 is 1.05 bits per heavy atom. The number of imidazole rings is 1. The lowest BCUT2D eigenvalue weighted by Crippen LogP contribution is -2.60. The van der Waals surface area contributed by atoms with Crippen LogP contribution >= 0.6 is 0 Å². The molecule has 4 amide bonds. The summed E-state index contributed by atoms with van der Waals surface area (Å²) in [4.78, 5) is 65.1. The van der Waals surface area contributed by atoms with Crippen LogP contribution in [0.25, 0.3) is 11.0 Å². The fraction of sp³-hybridized carbons (Fsp3) is 0.469. The van der Waals surface area contributed by atoms with Crippen LogP contribution in [0.4, 0.5) is 0 Å². The van der Waals surface area contributed by atoms with Crippen molar-refractivity contribution in [1.29, 1.82) is 0 Å². The first-order valence-electron chi connectivity index (χ1n) is 14.9. The number of aromatic nitrogens is 2. The lowest BCUT2D eigenvalue weighted by molar-refractivity contribution is -0.139. The Balaban J connectivity index is 1.42. The number of rotatable bonds is 4. The predicted octanol–water partition coefficient (Wildman–Crippen LogP) is 3.14. The number of nitrogens with zero attached hydrogens (tertiary/aromatic N) is 3. The average molecular weight is 573 g/mol. The Morgan fingerprint density at radius 2 is 1.88 bits per heavy atom. The van der Waals surface area contributed by atoms with Crippen LogP contribution in [0, 0.1) is 5.92 Å². The summed E-state index contributed by atoms with van der Waals surface area (Å²) in [6, 6.07) is 13.0. The molecule has 1 aliphatic carbocycles. The van der Waals surface area contributed by atoms with E-state index in [0.29, 0.717) is 56.8 Å². The van der Waals surface area contributed by atoms with Crippen molar-refractivity contribution in [2.24, 2.45) is 5.92 Å². The maximum absolute atomic E-state index is 13.8. The van der Waals surface area contributed by atoms with Crippen molar-refractivity contribution >= 4 is 34.7 Å². The zero-order valence-corrected chi connectivity index (χ0v) is 24.4. The number of aryl methyl sites for hydroxylation is 1. The molecule has 42 heavy (non-hydrogen) atoms. The van der Waals surface area contributed by atoms with Crippen LogP contribution in [-0.2, 0) is 26.3 Å². The summed E-state index contributed by atoms with van der Waals surface area (Å²) in [5, 5.41) is 6.13. The molecular weight excluding hydrogens is 532 g/mol. The highest BCUT2D eigenvalue weighted by Crippen LogP contribution is 2.36. The lowest BCUT2D eigenvalue weighted by Gasteiger charge is -2.39. The lowest BCUT2D eigenvalue weighted by atomic mass is 9.75. The van der Waals surface area contributed by atoms with E-state index < -0.39 is 11.4 Å². The van der Waals surface area contributed by atoms with E-state index in [1.807, 2.05) is 24.3 Å². The minimum atomic E-state index is -1.18. The molecule has 1 unspecified atom stereocenters. The van der Waals surface area contributed by atoms with Gasteiger partial charge in [0.15, 0.2) is 0 Å². The number of amides is 4. The van der Waals surface area contributed by atoms with Gasteiger partial charge in [0.2, 0.25) is 17.7 Å². The smallest absolute Gasteiger partial charge is 0.254 e. The van der Waals surface area contributed by atoms with Gasteiger partial charge in [0.25, 0.3) is 5.91 Å². The largest absolute Gasteiger partial charge is 0.354 e. The van der Waals surface area contributed by atoms with Gasteiger partial charge in [-0.2, -0.15) is 0 Å². The van der Waals surface area contributed by atoms with E-state index in [9.17, 15) is 19.2 Å². The number of H-pyrrole nitrogens is 1. The SMILES string of the molecule is CC(C)CCN1CC(=O)NC2(CCCc3ccccc32)C(=O)NCCCCN(C(=O)c2ccc3nc[nH]c3c2)CC1=O. The molecule has 1 spiro atoms. The fourth-order valence-electron chi connectivity index (χ4n) is 5.96. The van der Waals surface area contributed by atoms with Crippen LogP contribution in [-0.4, -0.2) is 76.1 Å². The summed E-state index contributed by atoms with van der Waals surface area (Å²) in [7, 11) is 0. The van der Waals surface area contributed by atoms with Gasteiger partial charge in [0.1, 0.15) is 12.1 Å². The quantitative estimate of drug-likeness (QED) is 0.443. The number of aromatic amines is 1. The van der Waals surface area contributed by atoms with Crippen molar-refractivity contribution in [2.45, 2.75) is 57.9 Å². The number of fused-ring (bicyclic) bond motifs is 3. The Bertz CT molecular complexity index is 1470. The van der Waals surface area contributed by atoms with Crippen LogP contribution < -0.4 is 10.6 Å². The molecule has 0 bridgehead atoms. The van der Waals surface area contributed by atoms with Crippen molar-refractivity contribution in [3.63, 3.8) is 0 Å². The topological polar surface area (TPSA) is 128 Å². The van der Waals surface area contributed by atoms with Gasteiger partial charge in [-0.3, -0.25) is 19.2 Å². The summed E-state index contributed by atoms with van der Waals surface area (Å²) in [6.07, 6.45) is 5.60. The van der Waals surface area contributed by atoms with Crippen LogP contribution in [0.5, 0.6) is 0 Å². The third-order valence-corrected chi connectivity index (χ3v) is 8.30. The van der Waals surface area contributed by atoms with Gasteiger partial charge in [0, 0.05) is 25.2 Å². The maximum Gasteiger partial charge on any atom is 0.254 e. The molecule has 1 aromatic heterocycles. The second-order valence-corrected chi connectivity index (χ2v) is 11.8. The normalized spacial score (nSPS) is 20.8. The van der Waals surface area contributed by atoms with Crippen molar-refractivity contribution in [3.05, 3.63) is 65.5 Å². The van der Waals surface area contributed by atoms with E-state index >= 15 is 0 Å². The zero-order chi connectivity index (χ0) is 29.7. The summed E-state index contributed by atoms with van der Waals surface area (Å²) >= 11 is 0. The van der Waals surface area contributed by atoms with E-state index in [4.69, 9.17) is 0 Å². The molecule has 5 rings (SSSR count). The van der Waals surface area contributed by atoms with E-state index in [1.165, 1.54) is 4.90 Å². The Hall–Kier alpha value is -4.21. The van der Waals surface area contributed by atoms with E-state index in [1.54, 1.807) is 29.4 Å². The molecule has 3 aromatic rings. The average Bonchev–Trinajstić information content (AvgIpc) is 3.45. The first-order chi connectivity index (χ1) is 20.3. The number of carbonyl (C=O) groups excluding carboxylic acids is 4. The summed E-state index contributed by atoms with van der Waals surface area (Å²) in [5.74, 6) is -0.863. The Kier molecular flexibility index (Phi) is 8.89. The number of nitrogens with one attached hydrogen (secondary N) is 3. The molecule has 1 atom stereocenters. The molecule has 0 radical (unpaired) electrons.